The van der Waals surface area contributed by atoms with Gasteiger partial charge in [-0.3, -0.25) is 4.79 Å². The lowest BCUT2D eigenvalue weighted by Crippen LogP contribution is -2.27. The summed E-state index contributed by atoms with van der Waals surface area (Å²) in [5, 5.41) is 3.76. The number of hydrogen-bond acceptors (Lipinski definition) is 2. The normalized spacial score (nSPS) is 11.9. The lowest BCUT2D eigenvalue weighted by atomic mass is 10.1. The summed E-state index contributed by atoms with van der Waals surface area (Å²) in [4.78, 5) is 11.4. The van der Waals surface area contributed by atoms with E-state index in [1.54, 1.807) is 18.7 Å². The van der Waals surface area contributed by atoms with E-state index in [2.05, 4.69) is 5.32 Å². The molecule has 1 atom stereocenters. The topological polar surface area (TPSA) is 29.1 Å². The molecule has 2 aromatic carbocycles. The second-order valence-corrected chi connectivity index (χ2v) is 6.27. The fourth-order valence-electron chi connectivity index (χ4n) is 2.03. The average molecular weight is 320 g/mol. The Bertz CT molecular complexity index is 571. The van der Waals surface area contributed by atoms with Gasteiger partial charge in [0.25, 0.3) is 0 Å². The number of thioether (sulfide) groups is 1. The van der Waals surface area contributed by atoms with Crippen LogP contribution in [0.4, 0.5) is 0 Å². The van der Waals surface area contributed by atoms with Crippen LogP contribution in [0.15, 0.2) is 54.6 Å². The minimum absolute atomic E-state index is 0.00375. The summed E-state index contributed by atoms with van der Waals surface area (Å²) < 4.78 is 0. The second kappa shape index (κ2) is 8.11. The fourth-order valence-corrected chi connectivity index (χ4v) is 3.21. The summed E-state index contributed by atoms with van der Waals surface area (Å²) in [7, 11) is 0. The van der Waals surface area contributed by atoms with Crippen molar-refractivity contribution in [3.63, 3.8) is 0 Å². The van der Waals surface area contributed by atoms with Crippen molar-refractivity contribution in [1.29, 1.82) is 0 Å². The van der Waals surface area contributed by atoms with E-state index in [0.717, 1.165) is 22.1 Å². The number of halogens is 1. The molecule has 0 heterocycles. The number of rotatable bonds is 6. The molecule has 0 aliphatic heterocycles. The third-order valence-electron chi connectivity index (χ3n) is 3.05. The Labute approximate surface area is 134 Å². The first-order valence-electron chi connectivity index (χ1n) is 6.79. The molecule has 2 nitrogen and oxygen atoms in total. The molecule has 2 rings (SSSR count). The zero-order valence-electron chi connectivity index (χ0n) is 11.9. The highest BCUT2D eigenvalue weighted by Gasteiger charge is 2.12. The summed E-state index contributed by atoms with van der Waals surface area (Å²) in [6.07, 6.45) is 0. The van der Waals surface area contributed by atoms with Gasteiger partial charge in [-0.15, -0.1) is 0 Å². The van der Waals surface area contributed by atoms with E-state index in [1.807, 2.05) is 54.6 Å². The van der Waals surface area contributed by atoms with Gasteiger partial charge in [0.05, 0.1) is 6.04 Å². The van der Waals surface area contributed by atoms with E-state index in [0.29, 0.717) is 0 Å². The predicted molar refractivity (Wildman–Crippen MR) is 90.6 cm³/mol. The molecule has 0 aliphatic carbocycles. The van der Waals surface area contributed by atoms with Crippen molar-refractivity contribution in [3.05, 3.63) is 70.7 Å². The molecule has 0 saturated carbocycles. The van der Waals surface area contributed by atoms with Gasteiger partial charge in [-0.25, -0.2) is 0 Å². The third kappa shape index (κ3) is 5.44. The van der Waals surface area contributed by atoms with Crippen molar-refractivity contribution in [1.82, 2.24) is 5.32 Å². The lowest BCUT2D eigenvalue weighted by Gasteiger charge is -2.18. The summed E-state index contributed by atoms with van der Waals surface area (Å²) >= 11 is 7.68. The number of amides is 1. The molecule has 0 spiro atoms. The van der Waals surface area contributed by atoms with E-state index in [4.69, 9.17) is 11.6 Å². The number of benzene rings is 2. The molecule has 110 valence electrons. The molecule has 1 unspecified atom stereocenters. The molecule has 0 fully saturated rings. The quantitative estimate of drug-likeness (QED) is 0.852. The van der Waals surface area contributed by atoms with Crippen LogP contribution < -0.4 is 5.32 Å². The van der Waals surface area contributed by atoms with E-state index in [9.17, 15) is 4.79 Å². The molecular formula is C17H18ClNOS. The molecule has 2 aromatic rings. The van der Waals surface area contributed by atoms with Crippen LogP contribution in [-0.2, 0) is 10.5 Å². The first-order valence-corrected chi connectivity index (χ1v) is 8.32. The highest BCUT2D eigenvalue weighted by Crippen LogP contribution is 2.22. The maximum absolute atomic E-state index is 11.4. The van der Waals surface area contributed by atoms with Gasteiger partial charge in [-0.05, 0) is 23.3 Å². The molecule has 0 bridgehead atoms. The van der Waals surface area contributed by atoms with Gasteiger partial charge in [0.1, 0.15) is 0 Å². The van der Waals surface area contributed by atoms with Gasteiger partial charge >= 0.3 is 0 Å². The molecule has 1 N–H and O–H groups in total. The minimum atomic E-state index is -0.00375. The average Bonchev–Trinajstić information content (AvgIpc) is 2.49. The van der Waals surface area contributed by atoms with Crippen LogP contribution >= 0.6 is 23.4 Å². The van der Waals surface area contributed by atoms with Crippen LogP contribution in [0.2, 0.25) is 5.02 Å². The van der Waals surface area contributed by atoms with E-state index >= 15 is 0 Å². The van der Waals surface area contributed by atoms with Gasteiger partial charge in [0, 0.05) is 23.5 Å². The van der Waals surface area contributed by atoms with Crippen molar-refractivity contribution in [2.45, 2.75) is 18.7 Å². The van der Waals surface area contributed by atoms with Crippen molar-refractivity contribution in [3.8, 4) is 0 Å². The standard InChI is InChI=1S/C17H18ClNOS/c1-13(20)19-17(15-5-3-2-4-6-15)12-21-11-14-7-9-16(18)10-8-14/h2-10,17H,11-12H2,1H3,(H,19,20). The van der Waals surface area contributed by atoms with Gasteiger partial charge in [0.2, 0.25) is 5.91 Å². The van der Waals surface area contributed by atoms with Gasteiger partial charge < -0.3 is 5.32 Å². The highest BCUT2D eigenvalue weighted by molar-refractivity contribution is 7.98. The monoisotopic (exact) mass is 319 g/mol. The Morgan fingerprint density at radius 3 is 2.43 bits per heavy atom. The van der Waals surface area contributed by atoms with Crippen LogP contribution in [0, 0.1) is 0 Å². The SMILES string of the molecule is CC(=O)NC(CSCc1ccc(Cl)cc1)c1ccccc1. The van der Waals surface area contributed by atoms with E-state index in [-0.39, 0.29) is 11.9 Å². The van der Waals surface area contributed by atoms with Gasteiger partial charge in [-0.2, -0.15) is 11.8 Å². The van der Waals surface area contributed by atoms with Crippen LogP contribution in [0.1, 0.15) is 24.1 Å². The largest absolute Gasteiger partial charge is 0.349 e. The highest BCUT2D eigenvalue weighted by atomic mass is 35.5. The second-order valence-electron chi connectivity index (χ2n) is 4.81. The number of nitrogens with one attached hydrogen (secondary N) is 1. The Balaban J connectivity index is 1.93. The molecular weight excluding hydrogens is 302 g/mol. The van der Waals surface area contributed by atoms with E-state index in [1.165, 1.54) is 5.56 Å². The maximum atomic E-state index is 11.4. The first kappa shape index (κ1) is 15.9. The molecule has 0 saturated heterocycles. The van der Waals surface area contributed by atoms with Crippen LogP contribution in [0.25, 0.3) is 0 Å². The molecule has 1 amide bonds. The summed E-state index contributed by atoms with van der Waals surface area (Å²) in [6.45, 7) is 1.56. The third-order valence-corrected chi connectivity index (χ3v) is 4.40. The fraction of sp³-hybridized carbons (Fsp3) is 0.235. The number of carbonyl (C=O) groups is 1. The number of hydrogen-bond donors (Lipinski definition) is 1. The lowest BCUT2D eigenvalue weighted by molar-refractivity contribution is -0.119. The summed E-state index contributed by atoms with van der Waals surface area (Å²) in [5.74, 6) is 1.74. The Kier molecular flexibility index (Phi) is 6.15. The predicted octanol–water partition coefficient (Wildman–Crippen LogP) is 4.45. The first-order chi connectivity index (χ1) is 10.1. The van der Waals surface area contributed by atoms with Gasteiger partial charge in [-0.1, -0.05) is 54.1 Å². The van der Waals surface area contributed by atoms with Crippen molar-refractivity contribution >= 4 is 29.3 Å². The minimum Gasteiger partial charge on any atom is -0.349 e. The molecule has 4 heteroatoms. The van der Waals surface area contributed by atoms with E-state index < -0.39 is 0 Å². The van der Waals surface area contributed by atoms with Crippen LogP contribution in [0.5, 0.6) is 0 Å². The molecule has 0 radical (unpaired) electrons. The van der Waals surface area contributed by atoms with Crippen LogP contribution in [-0.4, -0.2) is 11.7 Å². The van der Waals surface area contributed by atoms with Gasteiger partial charge in [0.15, 0.2) is 0 Å². The van der Waals surface area contributed by atoms with Crippen molar-refractivity contribution < 1.29 is 4.79 Å². The Morgan fingerprint density at radius 2 is 1.81 bits per heavy atom. The molecule has 21 heavy (non-hydrogen) atoms. The summed E-state index contributed by atoms with van der Waals surface area (Å²) in [6, 6.07) is 18.0. The Morgan fingerprint density at radius 1 is 1.14 bits per heavy atom. The number of carbonyl (C=O) groups excluding carboxylic acids is 1. The molecule has 0 aliphatic rings. The summed E-state index contributed by atoms with van der Waals surface area (Å²) in [5.41, 5.74) is 2.37. The maximum Gasteiger partial charge on any atom is 0.217 e. The van der Waals surface area contributed by atoms with Crippen molar-refractivity contribution in [2.24, 2.45) is 0 Å². The zero-order chi connectivity index (χ0) is 15.1. The van der Waals surface area contributed by atoms with Crippen molar-refractivity contribution in [2.75, 3.05) is 5.75 Å². The molecule has 0 aromatic heterocycles. The zero-order valence-corrected chi connectivity index (χ0v) is 13.5. The smallest absolute Gasteiger partial charge is 0.217 e. The Hall–Kier alpha value is -1.45. The van der Waals surface area contributed by atoms with Crippen LogP contribution in [0.3, 0.4) is 0 Å².